The second-order valence-corrected chi connectivity index (χ2v) is 5.52. The summed E-state index contributed by atoms with van der Waals surface area (Å²) >= 11 is 0. The Morgan fingerprint density at radius 3 is 1.84 bits per heavy atom. The number of unbranched alkanes of at least 4 members (excludes halogenated alkanes) is 5. The SMILES string of the molecule is CCCCCCCCOC(=O)CC(O)(CC(=O)O)C(=O)O.OCCO. The van der Waals surface area contributed by atoms with Crippen LogP contribution in [0.25, 0.3) is 0 Å². The maximum Gasteiger partial charge on any atom is 0.336 e. The number of ether oxygens (including phenoxy) is 1. The third-order valence-corrected chi connectivity index (χ3v) is 3.14. The van der Waals surface area contributed by atoms with Crippen LogP contribution in [0.15, 0.2) is 0 Å². The highest BCUT2D eigenvalue weighted by Crippen LogP contribution is 2.17. The third kappa shape index (κ3) is 15.6. The van der Waals surface area contributed by atoms with Crippen molar-refractivity contribution >= 4 is 17.9 Å². The van der Waals surface area contributed by atoms with Crippen LogP contribution in [0.2, 0.25) is 0 Å². The van der Waals surface area contributed by atoms with E-state index in [0.717, 1.165) is 25.7 Å². The summed E-state index contributed by atoms with van der Waals surface area (Å²) in [6.45, 7) is 2.01. The van der Waals surface area contributed by atoms with Crippen LogP contribution in [0.5, 0.6) is 0 Å². The van der Waals surface area contributed by atoms with E-state index in [1.54, 1.807) is 0 Å². The predicted molar refractivity (Wildman–Crippen MR) is 88.0 cm³/mol. The average molecular weight is 366 g/mol. The van der Waals surface area contributed by atoms with Gasteiger partial charge in [0.05, 0.1) is 32.7 Å². The molecule has 0 aromatic heterocycles. The molecule has 1 atom stereocenters. The maximum absolute atomic E-state index is 11.4. The summed E-state index contributed by atoms with van der Waals surface area (Å²) < 4.78 is 4.82. The molecule has 0 saturated carbocycles. The number of esters is 1. The van der Waals surface area contributed by atoms with Crippen molar-refractivity contribution in [1.29, 1.82) is 0 Å². The summed E-state index contributed by atoms with van der Waals surface area (Å²) in [5, 5.41) is 42.3. The lowest BCUT2D eigenvalue weighted by atomic mass is 9.96. The standard InChI is InChI=1S/C14H24O7.C2H6O2/c1-2-3-4-5-6-7-8-21-12(17)10-14(20,13(18)19)9-11(15)16;3-1-2-4/h20H,2-10H2,1H3,(H,15,16)(H,18,19);3-4H,1-2H2. The molecule has 0 spiro atoms. The van der Waals surface area contributed by atoms with Crippen LogP contribution in [0.1, 0.15) is 58.3 Å². The molecule has 9 heteroatoms. The number of aliphatic carboxylic acids is 2. The monoisotopic (exact) mass is 366 g/mol. The molecule has 0 aliphatic rings. The lowest BCUT2D eigenvalue weighted by molar-refractivity contribution is -0.172. The molecule has 0 heterocycles. The molecule has 1 unspecified atom stereocenters. The Balaban J connectivity index is 0. The van der Waals surface area contributed by atoms with E-state index in [-0.39, 0.29) is 19.8 Å². The highest BCUT2D eigenvalue weighted by molar-refractivity contribution is 5.88. The fourth-order valence-corrected chi connectivity index (χ4v) is 1.82. The Hall–Kier alpha value is -1.71. The molecule has 0 amide bonds. The van der Waals surface area contributed by atoms with Crippen molar-refractivity contribution in [2.75, 3.05) is 19.8 Å². The molecule has 0 rings (SSSR count). The van der Waals surface area contributed by atoms with Crippen LogP contribution < -0.4 is 0 Å². The van der Waals surface area contributed by atoms with Crippen molar-refractivity contribution in [3.8, 4) is 0 Å². The van der Waals surface area contributed by atoms with Gasteiger partial charge in [-0.05, 0) is 6.42 Å². The first kappa shape index (κ1) is 25.5. The van der Waals surface area contributed by atoms with Gasteiger partial charge in [-0.2, -0.15) is 0 Å². The first-order valence-corrected chi connectivity index (χ1v) is 8.28. The van der Waals surface area contributed by atoms with E-state index in [9.17, 15) is 19.5 Å². The first-order valence-electron chi connectivity index (χ1n) is 8.28. The molecule has 0 aliphatic carbocycles. The Bertz CT molecular complexity index is 382. The van der Waals surface area contributed by atoms with E-state index < -0.39 is 36.4 Å². The maximum atomic E-state index is 11.4. The van der Waals surface area contributed by atoms with Crippen LogP contribution in [0.3, 0.4) is 0 Å². The molecule has 0 aliphatic heterocycles. The van der Waals surface area contributed by atoms with Gasteiger partial charge in [-0.1, -0.05) is 39.0 Å². The van der Waals surface area contributed by atoms with Gasteiger partial charge in [0.15, 0.2) is 5.60 Å². The van der Waals surface area contributed by atoms with Crippen molar-refractivity contribution in [3.05, 3.63) is 0 Å². The number of carbonyl (C=O) groups excluding carboxylic acids is 1. The zero-order valence-corrected chi connectivity index (χ0v) is 14.6. The van der Waals surface area contributed by atoms with Crippen molar-refractivity contribution in [2.45, 2.75) is 63.9 Å². The number of aliphatic hydroxyl groups excluding tert-OH is 2. The second-order valence-electron chi connectivity index (χ2n) is 5.52. The van der Waals surface area contributed by atoms with Gasteiger partial charge in [0.25, 0.3) is 0 Å². The van der Waals surface area contributed by atoms with Gasteiger partial charge in [0.2, 0.25) is 0 Å². The van der Waals surface area contributed by atoms with E-state index in [4.69, 9.17) is 25.2 Å². The average Bonchev–Trinajstić information content (AvgIpc) is 2.53. The summed E-state index contributed by atoms with van der Waals surface area (Å²) in [5.74, 6) is -4.15. The number of carboxylic acids is 2. The highest BCUT2D eigenvalue weighted by Gasteiger charge is 2.41. The van der Waals surface area contributed by atoms with Gasteiger partial charge in [-0.15, -0.1) is 0 Å². The van der Waals surface area contributed by atoms with Gasteiger partial charge in [0, 0.05) is 0 Å². The summed E-state index contributed by atoms with van der Waals surface area (Å²) in [7, 11) is 0. The van der Waals surface area contributed by atoms with Crippen LogP contribution in [0.4, 0.5) is 0 Å². The molecule has 0 saturated heterocycles. The molecule has 5 N–H and O–H groups in total. The molecule has 0 aromatic rings. The Morgan fingerprint density at radius 2 is 1.40 bits per heavy atom. The van der Waals surface area contributed by atoms with E-state index >= 15 is 0 Å². The van der Waals surface area contributed by atoms with Crippen LogP contribution in [0, 0.1) is 0 Å². The van der Waals surface area contributed by atoms with Crippen LogP contribution >= 0.6 is 0 Å². The third-order valence-electron chi connectivity index (χ3n) is 3.14. The molecule has 0 fully saturated rings. The summed E-state index contributed by atoms with van der Waals surface area (Å²) in [4.78, 5) is 32.8. The minimum absolute atomic E-state index is 0.125. The normalized spacial score (nSPS) is 12.5. The zero-order chi connectivity index (χ0) is 19.7. The minimum atomic E-state index is -2.62. The van der Waals surface area contributed by atoms with Crippen LogP contribution in [-0.4, -0.2) is 68.9 Å². The molecule has 9 nitrogen and oxygen atoms in total. The molecule has 148 valence electrons. The lowest BCUT2D eigenvalue weighted by Gasteiger charge is -2.20. The van der Waals surface area contributed by atoms with Gasteiger partial charge >= 0.3 is 17.9 Å². The largest absolute Gasteiger partial charge is 0.481 e. The second kappa shape index (κ2) is 15.8. The molecular weight excluding hydrogens is 336 g/mol. The van der Waals surface area contributed by atoms with Gasteiger partial charge in [-0.3, -0.25) is 9.59 Å². The van der Waals surface area contributed by atoms with Crippen molar-refractivity contribution < 1.29 is 44.7 Å². The first-order chi connectivity index (χ1) is 11.7. The number of rotatable bonds is 13. The summed E-state index contributed by atoms with van der Waals surface area (Å²) in [5.41, 5.74) is -2.62. The number of aliphatic hydroxyl groups is 3. The smallest absolute Gasteiger partial charge is 0.336 e. The van der Waals surface area contributed by atoms with Gasteiger partial charge in [0.1, 0.15) is 0 Å². The summed E-state index contributed by atoms with van der Waals surface area (Å²) in [6.07, 6.45) is 4.14. The predicted octanol–water partition coefficient (Wildman–Crippen LogP) is 0.542. The van der Waals surface area contributed by atoms with E-state index in [0.29, 0.717) is 6.42 Å². The zero-order valence-electron chi connectivity index (χ0n) is 14.6. The number of hydrogen-bond donors (Lipinski definition) is 5. The summed E-state index contributed by atoms with van der Waals surface area (Å²) in [6, 6.07) is 0. The highest BCUT2D eigenvalue weighted by atomic mass is 16.5. The van der Waals surface area contributed by atoms with Crippen molar-refractivity contribution in [1.82, 2.24) is 0 Å². The number of carbonyl (C=O) groups is 3. The van der Waals surface area contributed by atoms with E-state index in [1.807, 2.05) is 0 Å². The van der Waals surface area contributed by atoms with Crippen molar-refractivity contribution in [3.63, 3.8) is 0 Å². The fourth-order valence-electron chi connectivity index (χ4n) is 1.82. The molecular formula is C16H30O9. The molecule has 25 heavy (non-hydrogen) atoms. The van der Waals surface area contributed by atoms with E-state index in [2.05, 4.69) is 6.92 Å². The molecule has 0 radical (unpaired) electrons. The molecule has 0 aromatic carbocycles. The number of carboxylic acid groups (broad SMARTS) is 2. The Kier molecular flexibility index (Phi) is 16.1. The Morgan fingerprint density at radius 1 is 0.880 bits per heavy atom. The van der Waals surface area contributed by atoms with Crippen LogP contribution in [-0.2, 0) is 19.1 Å². The quantitative estimate of drug-likeness (QED) is 0.231. The minimum Gasteiger partial charge on any atom is -0.481 e. The molecule has 0 bridgehead atoms. The topological polar surface area (TPSA) is 162 Å². The lowest BCUT2D eigenvalue weighted by Crippen LogP contribution is -2.43. The fraction of sp³-hybridized carbons (Fsp3) is 0.812. The van der Waals surface area contributed by atoms with Gasteiger partial charge < -0.3 is 30.3 Å². The van der Waals surface area contributed by atoms with Crippen molar-refractivity contribution in [2.24, 2.45) is 0 Å². The number of hydrogen-bond acceptors (Lipinski definition) is 7. The Labute approximate surface area is 147 Å². The van der Waals surface area contributed by atoms with Gasteiger partial charge in [-0.25, -0.2) is 4.79 Å². The van der Waals surface area contributed by atoms with E-state index in [1.165, 1.54) is 6.42 Å².